The predicted octanol–water partition coefficient (Wildman–Crippen LogP) is 1.16. The Labute approximate surface area is 92.2 Å². The number of hydrogen-bond donors (Lipinski definition) is 2. The lowest BCUT2D eigenvalue weighted by atomic mass is 9.85. The van der Waals surface area contributed by atoms with E-state index in [-0.39, 0.29) is 0 Å². The van der Waals surface area contributed by atoms with Gasteiger partial charge in [0.15, 0.2) is 0 Å². The lowest BCUT2D eigenvalue weighted by Crippen LogP contribution is -2.42. The van der Waals surface area contributed by atoms with E-state index in [4.69, 9.17) is 4.74 Å². The SMILES string of the molecule is OCC1CCCCC1NCC1CCOC1. The van der Waals surface area contributed by atoms with Crippen molar-refractivity contribution in [3.05, 3.63) is 0 Å². The number of aliphatic hydroxyl groups excluding tert-OH is 1. The van der Waals surface area contributed by atoms with Crippen molar-refractivity contribution in [3.8, 4) is 0 Å². The summed E-state index contributed by atoms with van der Waals surface area (Å²) in [4.78, 5) is 0. The first-order valence-corrected chi connectivity index (χ1v) is 6.32. The monoisotopic (exact) mass is 213 g/mol. The highest BCUT2D eigenvalue weighted by molar-refractivity contribution is 4.81. The summed E-state index contributed by atoms with van der Waals surface area (Å²) in [5.41, 5.74) is 0. The number of hydrogen-bond acceptors (Lipinski definition) is 3. The molecular formula is C12H23NO2. The third kappa shape index (κ3) is 3.16. The van der Waals surface area contributed by atoms with E-state index in [1.165, 1.54) is 32.1 Å². The summed E-state index contributed by atoms with van der Waals surface area (Å²) in [6.07, 6.45) is 6.23. The van der Waals surface area contributed by atoms with Crippen molar-refractivity contribution in [2.45, 2.75) is 38.1 Å². The van der Waals surface area contributed by atoms with E-state index in [2.05, 4.69) is 5.32 Å². The van der Waals surface area contributed by atoms with Crippen LogP contribution in [0.4, 0.5) is 0 Å². The van der Waals surface area contributed by atoms with Crippen LogP contribution in [-0.4, -0.2) is 37.5 Å². The van der Waals surface area contributed by atoms with Gasteiger partial charge in [0, 0.05) is 25.8 Å². The first-order valence-electron chi connectivity index (χ1n) is 6.32. The van der Waals surface area contributed by atoms with Gasteiger partial charge in [-0.25, -0.2) is 0 Å². The second kappa shape index (κ2) is 5.83. The molecule has 0 aromatic rings. The summed E-state index contributed by atoms with van der Waals surface area (Å²) >= 11 is 0. The number of ether oxygens (including phenoxy) is 1. The van der Waals surface area contributed by atoms with Gasteiger partial charge in [0.2, 0.25) is 0 Å². The van der Waals surface area contributed by atoms with Crippen LogP contribution >= 0.6 is 0 Å². The fourth-order valence-corrected chi connectivity index (χ4v) is 2.76. The van der Waals surface area contributed by atoms with Crippen molar-refractivity contribution in [1.29, 1.82) is 0 Å². The molecule has 0 radical (unpaired) electrons. The van der Waals surface area contributed by atoms with Gasteiger partial charge in [-0.3, -0.25) is 0 Å². The molecule has 0 aromatic heterocycles. The van der Waals surface area contributed by atoms with Crippen LogP contribution in [0.15, 0.2) is 0 Å². The Hall–Kier alpha value is -0.120. The standard InChI is InChI=1S/C12H23NO2/c14-8-11-3-1-2-4-12(11)13-7-10-5-6-15-9-10/h10-14H,1-9H2. The Morgan fingerprint density at radius 3 is 2.80 bits per heavy atom. The van der Waals surface area contributed by atoms with Crippen LogP contribution in [0, 0.1) is 11.8 Å². The molecule has 3 nitrogen and oxygen atoms in total. The average Bonchev–Trinajstić information content (AvgIpc) is 2.79. The Balaban J connectivity index is 1.71. The van der Waals surface area contributed by atoms with Crippen LogP contribution in [0.2, 0.25) is 0 Å². The second-order valence-electron chi connectivity index (χ2n) is 4.97. The topological polar surface area (TPSA) is 41.5 Å². The minimum absolute atomic E-state index is 0.346. The minimum atomic E-state index is 0.346. The second-order valence-corrected chi connectivity index (χ2v) is 4.97. The van der Waals surface area contributed by atoms with E-state index in [9.17, 15) is 5.11 Å². The van der Waals surface area contributed by atoms with Crippen molar-refractivity contribution in [2.24, 2.45) is 11.8 Å². The van der Waals surface area contributed by atoms with Crippen molar-refractivity contribution in [3.63, 3.8) is 0 Å². The summed E-state index contributed by atoms with van der Waals surface area (Å²) in [5.74, 6) is 1.19. The van der Waals surface area contributed by atoms with Gasteiger partial charge >= 0.3 is 0 Å². The van der Waals surface area contributed by atoms with Crippen LogP contribution < -0.4 is 5.32 Å². The first kappa shape index (κ1) is 11.4. The van der Waals surface area contributed by atoms with Gasteiger partial charge < -0.3 is 15.2 Å². The summed E-state index contributed by atoms with van der Waals surface area (Å²) in [7, 11) is 0. The molecule has 2 rings (SSSR count). The van der Waals surface area contributed by atoms with Crippen LogP contribution in [-0.2, 0) is 4.74 Å². The summed E-state index contributed by atoms with van der Waals surface area (Å²) in [6.45, 7) is 3.27. The van der Waals surface area contributed by atoms with Gasteiger partial charge in [-0.05, 0) is 31.1 Å². The largest absolute Gasteiger partial charge is 0.396 e. The van der Waals surface area contributed by atoms with Crippen LogP contribution in [0.25, 0.3) is 0 Å². The molecule has 3 unspecified atom stereocenters. The van der Waals surface area contributed by atoms with Gasteiger partial charge in [-0.15, -0.1) is 0 Å². The average molecular weight is 213 g/mol. The van der Waals surface area contributed by atoms with E-state index in [0.29, 0.717) is 24.5 Å². The molecule has 15 heavy (non-hydrogen) atoms. The van der Waals surface area contributed by atoms with E-state index < -0.39 is 0 Å². The molecule has 2 aliphatic rings. The molecule has 1 heterocycles. The van der Waals surface area contributed by atoms with Crippen molar-refractivity contribution in [1.82, 2.24) is 5.32 Å². The highest BCUT2D eigenvalue weighted by Gasteiger charge is 2.25. The zero-order valence-electron chi connectivity index (χ0n) is 9.45. The Kier molecular flexibility index (Phi) is 4.42. The molecule has 1 saturated carbocycles. The molecule has 1 aliphatic carbocycles. The molecule has 88 valence electrons. The van der Waals surface area contributed by atoms with Crippen molar-refractivity contribution < 1.29 is 9.84 Å². The Bertz CT molecular complexity index is 180. The third-order valence-electron chi connectivity index (χ3n) is 3.84. The fraction of sp³-hybridized carbons (Fsp3) is 1.00. The van der Waals surface area contributed by atoms with Gasteiger partial charge in [0.25, 0.3) is 0 Å². The molecule has 2 N–H and O–H groups in total. The van der Waals surface area contributed by atoms with E-state index in [1.54, 1.807) is 0 Å². The van der Waals surface area contributed by atoms with Gasteiger partial charge in [-0.2, -0.15) is 0 Å². The smallest absolute Gasteiger partial charge is 0.0507 e. The quantitative estimate of drug-likeness (QED) is 0.736. The molecule has 1 saturated heterocycles. The highest BCUT2D eigenvalue weighted by atomic mass is 16.5. The van der Waals surface area contributed by atoms with E-state index in [1.807, 2.05) is 0 Å². The number of aliphatic hydroxyl groups is 1. The molecule has 2 fully saturated rings. The van der Waals surface area contributed by atoms with Crippen molar-refractivity contribution >= 4 is 0 Å². The predicted molar refractivity (Wildman–Crippen MR) is 59.8 cm³/mol. The minimum Gasteiger partial charge on any atom is -0.396 e. The maximum Gasteiger partial charge on any atom is 0.0507 e. The fourth-order valence-electron chi connectivity index (χ4n) is 2.76. The molecule has 0 spiro atoms. The molecular weight excluding hydrogens is 190 g/mol. The molecule has 3 atom stereocenters. The number of nitrogens with one attached hydrogen (secondary N) is 1. The maximum atomic E-state index is 9.29. The molecule has 3 heteroatoms. The van der Waals surface area contributed by atoms with Crippen molar-refractivity contribution in [2.75, 3.05) is 26.4 Å². The van der Waals surface area contributed by atoms with Crippen LogP contribution in [0.1, 0.15) is 32.1 Å². The normalized spacial score (nSPS) is 37.0. The van der Waals surface area contributed by atoms with Gasteiger partial charge in [0.1, 0.15) is 0 Å². The summed E-state index contributed by atoms with van der Waals surface area (Å²) < 4.78 is 5.36. The lowest BCUT2D eigenvalue weighted by Gasteiger charge is -2.31. The summed E-state index contributed by atoms with van der Waals surface area (Å²) in [5, 5.41) is 12.9. The van der Waals surface area contributed by atoms with Gasteiger partial charge in [-0.1, -0.05) is 12.8 Å². The van der Waals surface area contributed by atoms with Crippen LogP contribution in [0.3, 0.4) is 0 Å². The Morgan fingerprint density at radius 1 is 1.20 bits per heavy atom. The van der Waals surface area contributed by atoms with E-state index >= 15 is 0 Å². The van der Waals surface area contributed by atoms with E-state index in [0.717, 1.165) is 19.8 Å². The number of rotatable bonds is 4. The zero-order valence-corrected chi connectivity index (χ0v) is 9.45. The maximum absolute atomic E-state index is 9.29. The molecule has 0 aromatic carbocycles. The highest BCUT2D eigenvalue weighted by Crippen LogP contribution is 2.24. The van der Waals surface area contributed by atoms with Crippen LogP contribution in [0.5, 0.6) is 0 Å². The first-order chi connectivity index (χ1) is 7.40. The lowest BCUT2D eigenvalue weighted by molar-refractivity contribution is 0.146. The third-order valence-corrected chi connectivity index (χ3v) is 3.84. The summed E-state index contributed by atoms with van der Waals surface area (Å²) in [6, 6.07) is 0.546. The zero-order chi connectivity index (χ0) is 10.5. The molecule has 1 aliphatic heterocycles. The molecule has 0 amide bonds. The Morgan fingerprint density at radius 2 is 2.07 bits per heavy atom. The molecule has 0 bridgehead atoms. The van der Waals surface area contributed by atoms with Gasteiger partial charge in [0.05, 0.1) is 6.61 Å².